The van der Waals surface area contributed by atoms with Crippen LogP contribution < -0.4 is 4.74 Å². The summed E-state index contributed by atoms with van der Waals surface area (Å²) in [5.41, 5.74) is 4.62. The maximum Gasteiger partial charge on any atom is 0.344 e. The first-order valence-electron chi connectivity index (χ1n) is 11.6. The lowest BCUT2D eigenvalue weighted by molar-refractivity contribution is -0.145. The SMILES string of the molecule is O=C(/C=C/c1ccc(OC(CCc2ccc(-c3ccc(Cl)cc3)cc2)C(=O)O)cc1)c1ccccc1. The Balaban J connectivity index is 1.33. The predicted molar refractivity (Wildman–Crippen MR) is 144 cm³/mol. The minimum atomic E-state index is -1.01. The van der Waals surface area contributed by atoms with Crippen molar-refractivity contribution in [3.63, 3.8) is 0 Å². The van der Waals surface area contributed by atoms with Gasteiger partial charge in [-0.3, -0.25) is 4.79 Å². The fraction of sp³-hybridized carbons (Fsp3) is 0.0968. The van der Waals surface area contributed by atoms with E-state index in [2.05, 4.69) is 0 Å². The van der Waals surface area contributed by atoms with Gasteiger partial charge in [0.1, 0.15) is 5.75 Å². The lowest BCUT2D eigenvalue weighted by atomic mass is 10.0. The zero-order chi connectivity index (χ0) is 25.3. The van der Waals surface area contributed by atoms with Gasteiger partial charge in [0, 0.05) is 10.6 Å². The first kappa shape index (κ1) is 25.0. The molecule has 0 saturated heterocycles. The zero-order valence-electron chi connectivity index (χ0n) is 19.5. The maximum atomic E-state index is 12.2. The van der Waals surface area contributed by atoms with E-state index >= 15 is 0 Å². The van der Waals surface area contributed by atoms with Crippen LogP contribution in [0.4, 0.5) is 0 Å². The Labute approximate surface area is 215 Å². The van der Waals surface area contributed by atoms with Gasteiger partial charge in [-0.2, -0.15) is 0 Å². The second kappa shape index (κ2) is 12.0. The second-order valence-electron chi connectivity index (χ2n) is 8.32. The minimum Gasteiger partial charge on any atom is -0.479 e. The van der Waals surface area contributed by atoms with Crippen LogP contribution in [-0.4, -0.2) is 23.0 Å². The summed E-state index contributed by atoms with van der Waals surface area (Å²) in [6, 6.07) is 31.7. The summed E-state index contributed by atoms with van der Waals surface area (Å²) in [7, 11) is 0. The average Bonchev–Trinajstić information content (AvgIpc) is 2.91. The molecule has 0 fully saturated rings. The van der Waals surface area contributed by atoms with Crippen molar-refractivity contribution < 1.29 is 19.4 Å². The molecule has 0 radical (unpaired) electrons. The third-order valence-electron chi connectivity index (χ3n) is 5.75. The fourth-order valence-corrected chi connectivity index (χ4v) is 3.86. The Bertz CT molecular complexity index is 1330. The first-order valence-corrected chi connectivity index (χ1v) is 12.0. The summed E-state index contributed by atoms with van der Waals surface area (Å²) >= 11 is 5.96. The number of rotatable bonds is 10. The van der Waals surface area contributed by atoms with Gasteiger partial charge in [0.2, 0.25) is 0 Å². The van der Waals surface area contributed by atoms with Crippen molar-refractivity contribution in [3.05, 3.63) is 131 Å². The molecular formula is C31H25ClO4. The number of halogens is 1. The summed E-state index contributed by atoms with van der Waals surface area (Å²) < 4.78 is 5.75. The standard InChI is InChI=1S/C31H25ClO4/c32-27-16-14-25(15-17-27)24-12-6-22(7-13-24)11-21-30(31(34)35)36-28-18-8-23(9-19-28)10-20-29(33)26-4-2-1-3-5-26/h1-10,12-20,30H,11,21H2,(H,34,35)/b20-10+. The second-order valence-corrected chi connectivity index (χ2v) is 8.76. The highest BCUT2D eigenvalue weighted by molar-refractivity contribution is 6.30. The molecule has 0 heterocycles. The summed E-state index contributed by atoms with van der Waals surface area (Å²) in [5, 5.41) is 10.3. The van der Waals surface area contributed by atoms with Crippen molar-refractivity contribution in [2.75, 3.05) is 0 Å². The summed E-state index contributed by atoms with van der Waals surface area (Å²) in [6.45, 7) is 0. The monoisotopic (exact) mass is 496 g/mol. The van der Waals surface area contributed by atoms with Crippen molar-refractivity contribution in [1.82, 2.24) is 0 Å². The molecule has 1 unspecified atom stereocenters. The van der Waals surface area contributed by atoms with Gasteiger partial charge in [-0.05, 0) is 65.4 Å². The first-order chi connectivity index (χ1) is 17.5. The molecule has 0 saturated carbocycles. The van der Waals surface area contributed by atoms with Gasteiger partial charge in [0.05, 0.1) is 0 Å². The number of aryl methyl sites for hydroxylation is 1. The molecule has 4 rings (SSSR count). The van der Waals surface area contributed by atoms with Crippen LogP contribution in [0.3, 0.4) is 0 Å². The average molecular weight is 497 g/mol. The molecule has 0 bridgehead atoms. The van der Waals surface area contributed by atoms with Crippen molar-refractivity contribution in [2.45, 2.75) is 18.9 Å². The van der Waals surface area contributed by atoms with Gasteiger partial charge in [-0.25, -0.2) is 4.79 Å². The van der Waals surface area contributed by atoms with Crippen LogP contribution in [0.15, 0.2) is 109 Å². The zero-order valence-corrected chi connectivity index (χ0v) is 20.3. The number of hydrogen-bond donors (Lipinski definition) is 1. The van der Waals surface area contributed by atoms with E-state index in [1.807, 2.05) is 66.7 Å². The molecule has 1 N–H and O–H groups in total. The van der Waals surface area contributed by atoms with Crippen LogP contribution in [0.2, 0.25) is 5.02 Å². The van der Waals surface area contributed by atoms with Crippen LogP contribution in [0.5, 0.6) is 5.75 Å². The molecule has 0 aliphatic heterocycles. The van der Waals surface area contributed by atoms with E-state index in [1.54, 1.807) is 42.5 Å². The normalized spacial score (nSPS) is 11.8. The number of carbonyl (C=O) groups is 2. The molecule has 0 aromatic heterocycles. The Morgan fingerprint density at radius 1 is 0.806 bits per heavy atom. The largest absolute Gasteiger partial charge is 0.479 e. The number of hydrogen-bond acceptors (Lipinski definition) is 3. The van der Waals surface area contributed by atoms with Crippen LogP contribution in [0.25, 0.3) is 17.2 Å². The smallest absolute Gasteiger partial charge is 0.344 e. The van der Waals surface area contributed by atoms with Crippen LogP contribution >= 0.6 is 11.6 Å². The number of carboxylic acid groups (broad SMARTS) is 1. The van der Waals surface area contributed by atoms with Crippen LogP contribution in [-0.2, 0) is 11.2 Å². The molecule has 4 nitrogen and oxygen atoms in total. The molecule has 36 heavy (non-hydrogen) atoms. The van der Waals surface area contributed by atoms with Gasteiger partial charge in [0.15, 0.2) is 11.9 Å². The Morgan fingerprint density at radius 3 is 2.03 bits per heavy atom. The van der Waals surface area contributed by atoms with Gasteiger partial charge in [-0.1, -0.05) is 96.5 Å². The number of aliphatic carboxylic acids is 1. The minimum absolute atomic E-state index is 0.0805. The number of benzene rings is 4. The maximum absolute atomic E-state index is 12.2. The molecule has 0 aliphatic rings. The number of carbonyl (C=O) groups excluding carboxylic acids is 1. The number of allylic oxidation sites excluding steroid dienone is 1. The predicted octanol–water partition coefficient (Wildman–Crippen LogP) is 7.37. The molecule has 4 aromatic carbocycles. The van der Waals surface area contributed by atoms with Crippen LogP contribution in [0.1, 0.15) is 27.9 Å². The number of ketones is 1. The molecule has 1 atom stereocenters. The molecule has 180 valence electrons. The van der Waals surface area contributed by atoms with Crippen molar-refractivity contribution in [2.24, 2.45) is 0 Å². The van der Waals surface area contributed by atoms with E-state index < -0.39 is 12.1 Å². The van der Waals surface area contributed by atoms with Crippen molar-refractivity contribution >= 4 is 29.4 Å². The molecule has 5 heteroatoms. The van der Waals surface area contributed by atoms with E-state index in [4.69, 9.17) is 16.3 Å². The third kappa shape index (κ3) is 6.94. The van der Waals surface area contributed by atoms with Gasteiger partial charge in [-0.15, -0.1) is 0 Å². The van der Waals surface area contributed by atoms with E-state index in [9.17, 15) is 14.7 Å². The van der Waals surface area contributed by atoms with E-state index in [-0.39, 0.29) is 5.78 Å². The number of carboxylic acids is 1. The molecular weight excluding hydrogens is 472 g/mol. The molecule has 0 aliphatic carbocycles. The summed E-state index contributed by atoms with van der Waals surface area (Å²) in [5.74, 6) is -0.625. The van der Waals surface area contributed by atoms with Gasteiger partial charge >= 0.3 is 5.97 Å². The summed E-state index contributed by atoms with van der Waals surface area (Å²) in [6.07, 6.45) is 3.18. The molecule has 0 amide bonds. The topological polar surface area (TPSA) is 63.6 Å². The summed E-state index contributed by atoms with van der Waals surface area (Å²) in [4.78, 5) is 24.0. The third-order valence-corrected chi connectivity index (χ3v) is 6.00. The lowest BCUT2D eigenvalue weighted by Gasteiger charge is -2.15. The number of ether oxygens (including phenoxy) is 1. The lowest BCUT2D eigenvalue weighted by Crippen LogP contribution is -2.27. The van der Waals surface area contributed by atoms with E-state index in [1.165, 1.54) is 6.08 Å². The van der Waals surface area contributed by atoms with Crippen LogP contribution in [0, 0.1) is 0 Å². The quantitative estimate of drug-likeness (QED) is 0.184. The Morgan fingerprint density at radius 2 is 1.42 bits per heavy atom. The van der Waals surface area contributed by atoms with Crippen molar-refractivity contribution in [3.8, 4) is 16.9 Å². The highest BCUT2D eigenvalue weighted by atomic mass is 35.5. The Hall–Kier alpha value is -4.15. The van der Waals surface area contributed by atoms with Gasteiger partial charge < -0.3 is 9.84 Å². The molecule has 4 aromatic rings. The molecule has 0 spiro atoms. The van der Waals surface area contributed by atoms with E-state index in [0.29, 0.717) is 29.2 Å². The van der Waals surface area contributed by atoms with Crippen molar-refractivity contribution in [1.29, 1.82) is 0 Å². The highest BCUT2D eigenvalue weighted by Gasteiger charge is 2.19. The van der Waals surface area contributed by atoms with Gasteiger partial charge in [0.25, 0.3) is 0 Å². The highest BCUT2D eigenvalue weighted by Crippen LogP contribution is 2.23. The Kier molecular flexibility index (Phi) is 8.32. The van der Waals surface area contributed by atoms with E-state index in [0.717, 1.165) is 22.3 Å². The fourth-order valence-electron chi connectivity index (χ4n) is 3.73.